The van der Waals surface area contributed by atoms with Gasteiger partial charge in [-0.1, -0.05) is 11.3 Å². The van der Waals surface area contributed by atoms with Crippen LogP contribution in [0.3, 0.4) is 0 Å². The molecule has 0 radical (unpaired) electrons. The van der Waals surface area contributed by atoms with Crippen molar-refractivity contribution in [3.05, 3.63) is 9.98 Å². The van der Waals surface area contributed by atoms with E-state index in [0.717, 1.165) is 3.79 Å². The van der Waals surface area contributed by atoms with Crippen molar-refractivity contribution in [2.75, 3.05) is 5.73 Å². The van der Waals surface area contributed by atoms with Crippen molar-refractivity contribution < 1.29 is 23.1 Å². The van der Waals surface area contributed by atoms with Crippen LogP contribution >= 0.6 is 27.3 Å². The van der Waals surface area contributed by atoms with Crippen LogP contribution in [0.1, 0.15) is 0 Å². The van der Waals surface area contributed by atoms with Crippen LogP contribution in [0.4, 0.5) is 18.3 Å². The predicted octanol–water partition coefficient (Wildman–Crippen LogP) is 2.12. The number of nitrogen functional groups attached to an aromatic ring is 1. The van der Waals surface area contributed by atoms with Crippen molar-refractivity contribution in [2.45, 2.75) is 6.18 Å². The van der Waals surface area contributed by atoms with E-state index in [-0.39, 0.29) is 0 Å². The molecular weight excluding hydrogens is 289 g/mol. The van der Waals surface area contributed by atoms with Crippen LogP contribution in [0.2, 0.25) is 0 Å². The fourth-order valence-corrected chi connectivity index (χ4v) is 1.28. The maximum atomic E-state index is 10.6. The molecule has 0 aromatic carbocycles. The highest BCUT2D eigenvalue weighted by molar-refractivity contribution is 9.11. The highest BCUT2D eigenvalue weighted by Crippen LogP contribution is 2.19. The number of nitrogens with two attached hydrogens (primary N) is 1. The van der Waals surface area contributed by atoms with Crippen molar-refractivity contribution in [3.8, 4) is 0 Å². The number of aromatic nitrogens is 1. The summed E-state index contributed by atoms with van der Waals surface area (Å²) in [6.07, 6.45) is -3.40. The van der Waals surface area contributed by atoms with Gasteiger partial charge in [0.15, 0.2) is 5.13 Å². The molecule has 0 spiro atoms. The van der Waals surface area contributed by atoms with E-state index >= 15 is 0 Å². The Hall–Kier alpha value is -0.830. The number of carboxylic acids is 1. The zero-order valence-electron chi connectivity index (χ0n) is 6.38. The second kappa shape index (κ2) is 5.15. The molecule has 3 N–H and O–H groups in total. The minimum Gasteiger partial charge on any atom is -0.475 e. The maximum absolute atomic E-state index is 10.6. The third-order valence-corrected chi connectivity index (χ3v) is 2.04. The van der Waals surface area contributed by atoms with Gasteiger partial charge in [0.25, 0.3) is 0 Å². The molecule has 1 rings (SSSR count). The number of rotatable bonds is 0. The number of thiazole rings is 1. The van der Waals surface area contributed by atoms with Crippen LogP contribution < -0.4 is 5.73 Å². The Morgan fingerprint density at radius 3 is 2.14 bits per heavy atom. The average Bonchev–Trinajstić information content (AvgIpc) is 2.33. The second-order valence-electron chi connectivity index (χ2n) is 1.81. The molecule has 0 bridgehead atoms. The molecule has 1 aromatic rings. The maximum Gasteiger partial charge on any atom is 0.490 e. The van der Waals surface area contributed by atoms with Gasteiger partial charge in [0.2, 0.25) is 0 Å². The summed E-state index contributed by atoms with van der Waals surface area (Å²) in [4.78, 5) is 12.7. The molecule has 80 valence electrons. The van der Waals surface area contributed by atoms with E-state index in [2.05, 4.69) is 20.9 Å². The van der Waals surface area contributed by atoms with Gasteiger partial charge >= 0.3 is 12.1 Å². The van der Waals surface area contributed by atoms with Gasteiger partial charge in [-0.25, -0.2) is 9.78 Å². The van der Waals surface area contributed by atoms with Crippen molar-refractivity contribution in [3.63, 3.8) is 0 Å². The molecular formula is C5H4BrF3N2O2S. The second-order valence-corrected chi connectivity index (χ2v) is 4.25. The SMILES string of the molecule is Nc1ncc(Br)s1.O=C(O)C(F)(F)F. The van der Waals surface area contributed by atoms with E-state index in [9.17, 15) is 13.2 Å². The first-order valence-corrected chi connectivity index (χ1v) is 4.51. The van der Waals surface area contributed by atoms with Crippen LogP contribution in [0.15, 0.2) is 9.98 Å². The van der Waals surface area contributed by atoms with Gasteiger partial charge in [0.05, 0.1) is 9.98 Å². The van der Waals surface area contributed by atoms with Crippen LogP contribution in [0.5, 0.6) is 0 Å². The number of anilines is 1. The van der Waals surface area contributed by atoms with E-state index in [4.69, 9.17) is 15.6 Å². The number of aliphatic carboxylic acids is 1. The number of alkyl halides is 3. The largest absolute Gasteiger partial charge is 0.490 e. The fourth-order valence-electron chi connectivity index (χ4n) is 0.267. The predicted molar refractivity (Wildman–Crippen MR) is 47.9 cm³/mol. The van der Waals surface area contributed by atoms with Crippen molar-refractivity contribution in [1.82, 2.24) is 4.98 Å². The molecule has 0 aliphatic heterocycles. The summed E-state index contributed by atoms with van der Waals surface area (Å²) in [5, 5.41) is 7.73. The highest BCUT2D eigenvalue weighted by Gasteiger charge is 2.38. The minimum absolute atomic E-state index is 0.604. The van der Waals surface area contributed by atoms with Gasteiger partial charge in [-0.2, -0.15) is 13.2 Å². The average molecular weight is 293 g/mol. The lowest BCUT2D eigenvalue weighted by Gasteiger charge is -1.93. The Labute approximate surface area is 88.7 Å². The molecule has 0 unspecified atom stereocenters. The number of hydrogen-bond acceptors (Lipinski definition) is 4. The van der Waals surface area contributed by atoms with E-state index in [0.29, 0.717) is 5.13 Å². The quantitative estimate of drug-likeness (QED) is 0.768. The van der Waals surface area contributed by atoms with Gasteiger partial charge in [-0.15, -0.1) is 0 Å². The number of carboxylic acid groups (broad SMARTS) is 1. The lowest BCUT2D eigenvalue weighted by molar-refractivity contribution is -0.192. The molecule has 14 heavy (non-hydrogen) atoms. The van der Waals surface area contributed by atoms with Crippen LogP contribution in [0.25, 0.3) is 0 Å². The van der Waals surface area contributed by atoms with Crippen LogP contribution in [0, 0.1) is 0 Å². The Balaban J connectivity index is 0.000000241. The van der Waals surface area contributed by atoms with E-state index in [1.165, 1.54) is 11.3 Å². The highest BCUT2D eigenvalue weighted by atomic mass is 79.9. The standard InChI is InChI=1S/C3H3BrN2S.C2HF3O2/c4-2-1-6-3(5)7-2;3-2(4,5)1(6)7/h1H,(H2,5,6);(H,6,7). The normalized spacial score (nSPS) is 10.3. The van der Waals surface area contributed by atoms with Crippen molar-refractivity contribution in [2.24, 2.45) is 0 Å². The molecule has 0 atom stereocenters. The summed E-state index contributed by atoms with van der Waals surface area (Å²) < 4.78 is 32.7. The summed E-state index contributed by atoms with van der Waals surface area (Å²) in [7, 11) is 0. The zero-order chi connectivity index (χ0) is 11.4. The topological polar surface area (TPSA) is 76.2 Å². The minimum atomic E-state index is -5.08. The molecule has 0 aliphatic carbocycles. The fraction of sp³-hybridized carbons (Fsp3) is 0.200. The molecule has 9 heteroatoms. The van der Waals surface area contributed by atoms with Crippen LogP contribution in [-0.4, -0.2) is 22.2 Å². The van der Waals surface area contributed by atoms with Crippen molar-refractivity contribution >= 4 is 38.4 Å². The first kappa shape index (κ1) is 13.2. The Kier molecular flexibility index (Phi) is 4.85. The van der Waals surface area contributed by atoms with Gasteiger partial charge in [-0.05, 0) is 15.9 Å². The first-order valence-electron chi connectivity index (χ1n) is 2.90. The Morgan fingerprint density at radius 1 is 1.64 bits per heavy atom. The molecule has 0 saturated carbocycles. The molecule has 0 fully saturated rings. The van der Waals surface area contributed by atoms with E-state index < -0.39 is 12.1 Å². The van der Waals surface area contributed by atoms with E-state index in [1.807, 2.05) is 0 Å². The number of carbonyl (C=O) groups is 1. The molecule has 0 aliphatic rings. The third-order valence-electron chi connectivity index (χ3n) is 0.738. The van der Waals surface area contributed by atoms with Gasteiger partial charge < -0.3 is 10.8 Å². The van der Waals surface area contributed by atoms with Gasteiger partial charge in [-0.3, -0.25) is 0 Å². The van der Waals surface area contributed by atoms with Gasteiger partial charge in [0.1, 0.15) is 0 Å². The summed E-state index contributed by atoms with van der Waals surface area (Å²) in [5.74, 6) is -2.76. The monoisotopic (exact) mass is 292 g/mol. The first-order chi connectivity index (χ1) is 6.23. The Morgan fingerprint density at radius 2 is 2.07 bits per heavy atom. The summed E-state index contributed by atoms with van der Waals surface area (Å²) in [6, 6.07) is 0. The summed E-state index contributed by atoms with van der Waals surface area (Å²) in [6.45, 7) is 0. The third kappa shape index (κ3) is 5.75. The molecule has 0 saturated heterocycles. The zero-order valence-corrected chi connectivity index (χ0v) is 8.78. The summed E-state index contributed by atoms with van der Waals surface area (Å²) in [5.41, 5.74) is 5.26. The molecule has 1 aromatic heterocycles. The summed E-state index contributed by atoms with van der Waals surface area (Å²) >= 11 is 4.63. The molecule has 0 amide bonds. The lowest BCUT2D eigenvalue weighted by Crippen LogP contribution is -2.21. The molecule has 1 heterocycles. The van der Waals surface area contributed by atoms with Crippen molar-refractivity contribution in [1.29, 1.82) is 0 Å². The smallest absolute Gasteiger partial charge is 0.475 e. The molecule has 4 nitrogen and oxygen atoms in total. The van der Waals surface area contributed by atoms with Crippen LogP contribution in [-0.2, 0) is 4.79 Å². The number of nitrogens with zero attached hydrogens (tertiary/aromatic N) is 1. The lowest BCUT2D eigenvalue weighted by atomic mass is 10.7. The van der Waals surface area contributed by atoms with E-state index in [1.54, 1.807) is 6.20 Å². The van der Waals surface area contributed by atoms with Gasteiger partial charge in [0, 0.05) is 0 Å². The number of hydrogen-bond donors (Lipinski definition) is 2. The Bertz CT molecular complexity index is 298. The number of halogens is 4.